The van der Waals surface area contributed by atoms with Gasteiger partial charge in [0.2, 0.25) is 0 Å². The summed E-state index contributed by atoms with van der Waals surface area (Å²) < 4.78 is 1.68. The Hall–Kier alpha value is -3.30. The number of nitrogens with one attached hydrogen (secondary N) is 2. The highest BCUT2D eigenvalue weighted by Crippen LogP contribution is 2.28. The monoisotopic (exact) mass is 407 g/mol. The molecule has 1 aromatic carbocycles. The van der Waals surface area contributed by atoms with E-state index in [1.165, 1.54) is 0 Å². The third-order valence-corrected chi connectivity index (χ3v) is 4.96. The van der Waals surface area contributed by atoms with Crippen LogP contribution < -0.4 is 16.4 Å². The molecule has 1 aliphatic heterocycles. The summed E-state index contributed by atoms with van der Waals surface area (Å²) in [7, 11) is 0. The van der Waals surface area contributed by atoms with Crippen LogP contribution in [-0.2, 0) is 6.54 Å². The van der Waals surface area contributed by atoms with E-state index in [9.17, 15) is 9.90 Å². The highest BCUT2D eigenvalue weighted by molar-refractivity contribution is 5.94. The Balaban J connectivity index is 1.66. The first-order valence-electron chi connectivity index (χ1n) is 9.93. The van der Waals surface area contributed by atoms with Gasteiger partial charge in [-0.25, -0.2) is 9.97 Å². The number of carbonyl (C=O) groups excluding carboxylic acids is 1. The first-order chi connectivity index (χ1) is 14.4. The second kappa shape index (κ2) is 8.21. The van der Waals surface area contributed by atoms with E-state index >= 15 is 0 Å². The van der Waals surface area contributed by atoms with E-state index in [1.807, 2.05) is 19.9 Å². The summed E-state index contributed by atoms with van der Waals surface area (Å²) in [4.78, 5) is 21.0. The number of aliphatic hydroxyl groups is 1. The molecule has 156 valence electrons. The number of amides is 1. The molecule has 1 aliphatic rings. The topological polar surface area (TPSA) is 131 Å². The fourth-order valence-corrected chi connectivity index (χ4v) is 3.33. The van der Waals surface area contributed by atoms with Crippen LogP contribution in [0.4, 0.5) is 5.69 Å². The summed E-state index contributed by atoms with van der Waals surface area (Å²) in [5.74, 6) is 0.293. The minimum atomic E-state index is -0.673. The number of nitrogens with zero attached hydrogens (tertiary/aromatic N) is 4. The maximum absolute atomic E-state index is 12.0. The number of carbonyl (C=O) groups is 1. The molecule has 0 saturated carbocycles. The van der Waals surface area contributed by atoms with Crippen molar-refractivity contribution in [2.75, 3.05) is 18.8 Å². The van der Waals surface area contributed by atoms with Gasteiger partial charge in [0.05, 0.1) is 18.3 Å². The van der Waals surface area contributed by atoms with Gasteiger partial charge in [-0.2, -0.15) is 5.10 Å². The Kier molecular flexibility index (Phi) is 5.47. The predicted octanol–water partition coefficient (Wildman–Crippen LogP) is 1.36. The fraction of sp³-hybridized carbons (Fsp3) is 0.333. The van der Waals surface area contributed by atoms with Crippen LogP contribution in [0.5, 0.6) is 0 Å². The highest BCUT2D eigenvalue weighted by Gasteiger charge is 2.21. The van der Waals surface area contributed by atoms with Crippen molar-refractivity contribution in [2.24, 2.45) is 0 Å². The molecule has 0 radical (unpaired) electrons. The Labute approximate surface area is 174 Å². The average molecular weight is 407 g/mol. The number of hydrogen-bond acceptors (Lipinski definition) is 7. The minimum Gasteiger partial charge on any atom is -0.398 e. The van der Waals surface area contributed by atoms with Crippen molar-refractivity contribution in [1.82, 2.24) is 30.4 Å². The molecular weight excluding hydrogens is 382 g/mol. The second-order valence-electron chi connectivity index (χ2n) is 7.58. The number of nitrogen functional groups attached to an aromatic ring is 1. The Morgan fingerprint density at radius 2 is 2.10 bits per heavy atom. The van der Waals surface area contributed by atoms with Crippen LogP contribution in [0.15, 0.2) is 36.5 Å². The van der Waals surface area contributed by atoms with Gasteiger partial charge in [-0.3, -0.25) is 9.48 Å². The lowest BCUT2D eigenvalue weighted by atomic mass is 10.0. The normalized spacial score (nSPS) is 14.5. The second-order valence-corrected chi connectivity index (χ2v) is 7.58. The van der Waals surface area contributed by atoms with Crippen molar-refractivity contribution in [2.45, 2.75) is 32.5 Å². The van der Waals surface area contributed by atoms with E-state index in [2.05, 4.69) is 25.7 Å². The summed E-state index contributed by atoms with van der Waals surface area (Å²) in [5.41, 5.74) is 9.78. The molecule has 5 N–H and O–H groups in total. The summed E-state index contributed by atoms with van der Waals surface area (Å²) in [6, 6.07) is 9.11. The van der Waals surface area contributed by atoms with E-state index in [1.54, 1.807) is 35.1 Å². The maximum atomic E-state index is 12.0. The molecule has 30 heavy (non-hydrogen) atoms. The SMILES string of the molecule is CC(C)NCC(O)c1ccc(N)c(-c2nccc(-c3cc4n(n3)CCNC4=O)n2)c1. The van der Waals surface area contributed by atoms with Crippen LogP contribution in [0.25, 0.3) is 22.8 Å². The van der Waals surface area contributed by atoms with Crippen LogP contribution in [0.1, 0.15) is 36.0 Å². The van der Waals surface area contributed by atoms with E-state index in [4.69, 9.17) is 5.73 Å². The lowest BCUT2D eigenvalue weighted by Crippen LogP contribution is -2.35. The number of anilines is 1. The van der Waals surface area contributed by atoms with Crippen molar-refractivity contribution in [1.29, 1.82) is 0 Å². The van der Waals surface area contributed by atoms with Crippen LogP contribution in [0.3, 0.4) is 0 Å². The fourth-order valence-electron chi connectivity index (χ4n) is 3.33. The molecule has 1 amide bonds. The van der Waals surface area contributed by atoms with Gasteiger partial charge in [-0.1, -0.05) is 19.9 Å². The van der Waals surface area contributed by atoms with Gasteiger partial charge in [0.15, 0.2) is 5.82 Å². The minimum absolute atomic E-state index is 0.143. The van der Waals surface area contributed by atoms with Gasteiger partial charge in [0.1, 0.15) is 11.4 Å². The number of aromatic nitrogens is 4. The molecule has 1 unspecified atom stereocenters. The number of benzene rings is 1. The lowest BCUT2D eigenvalue weighted by Gasteiger charge is -2.16. The Morgan fingerprint density at radius 1 is 1.27 bits per heavy atom. The van der Waals surface area contributed by atoms with Crippen LogP contribution in [0.2, 0.25) is 0 Å². The largest absolute Gasteiger partial charge is 0.398 e. The molecular formula is C21H25N7O2. The molecule has 3 aromatic rings. The number of hydrogen-bond donors (Lipinski definition) is 4. The molecule has 0 spiro atoms. The highest BCUT2D eigenvalue weighted by atomic mass is 16.3. The van der Waals surface area contributed by atoms with Crippen LogP contribution >= 0.6 is 0 Å². The van der Waals surface area contributed by atoms with Crippen molar-refractivity contribution in [3.63, 3.8) is 0 Å². The number of fused-ring (bicyclic) bond motifs is 1. The average Bonchev–Trinajstić information content (AvgIpc) is 3.18. The summed E-state index contributed by atoms with van der Waals surface area (Å²) in [6.07, 6.45) is 0.965. The van der Waals surface area contributed by atoms with Gasteiger partial charge in [0.25, 0.3) is 5.91 Å². The molecule has 0 fully saturated rings. The summed E-state index contributed by atoms with van der Waals surface area (Å²) in [6.45, 7) is 5.66. The molecule has 0 bridgehead atoms. The van der Waals surface area contributed by atoms with Crippen molar-refractivity contribution < 1.29 is 9.90 Å². The zero-order valence-electron chi connectivity index (χ0n) is 17.0. The van der Waals surface area contributed by atoms with Crippen LogP contribution in [-0.4, -0.2) is 49.9 Å². The first-order valence-corrected chi connectivity index (χ1v) is 9.93. The quantitative estimate of drug-likeness (QED) is 0.454. The molecule has 0 saturated heterocycles. The van der Waals surface area contributed by atoms with Crippen molar-refractivity contribution in [3.05, 3.63) is 47.8 Å². The summed E-state index contributed by atoms with van der Waals surface area (Å²) in [5, 5.41) is 21.0. The Bertz CT molecular complexity index is 1080. The lowest BCUT2D eigenvalue weighted by molar-refractivity contribution is 0.0924. The van der Waals surface area contributed by atoms with E-state index in [0.29, 0.717) is 53.8 Å². The summed E-state index contributed by atoms with van der Waals surface area (Å²) >= 11 is 0. The molecule has 9 nitrogen and oxygen atoms in total. The maximum Gasteiger partial charge on any atom is 0.269 e. The van der Waals surface area contributed by atoms with Gasteiger partial charge in [-0.05, 0) is 29.8 Å². The van der Waals surface area contributed by atoms with Crippen molar-refractivity contribution >= 4 is 11.6 Å². The Morgan fingerprint density at radius 3 is 2.87 bits per heavy atom. The predicted molar refractivity (Wildman–Crippen MR) is 114 cm³/mol. The zero-order chi connectivity index (χ0) is 21.3. The molecule has 0 aliphatic carbocycles. The number of nitrogens with two attached hydrogens (primary N) is 1. The van der Waals surface area contributed by atoms with Crippen molar-refractivity contribution in [3.8, 4) is 22.8 Å². The van der Waals surface area contributed by atoms with Gasteiger partial charge in [0, 0.05) is 36.6 Å². The first kappa shape index (κ1) is 20.0. The molecule has 3 heterocycles. The number of rotatable bonds is 6. The molecule has 1 atom stereocenters. The smallest absolute Gasteiger partial charge is 0.269 e. The van der Waals surface area contributed by atoms with Crippen LogP contribution in [0, 0.1) is 0 Å². The zero-order valence-corrected chi connectivity index (χ0v) is 17.0. The van der Waals surface area contributed by atoms with E-state index < -0.39 is 6.10 Å². The van der Waals surface area contributed by atoms with E-state index in [0.717, 1.165) is 5.56 Å². The van der Waals surface area contributed by atoms with Gasteiger partial charge >= 0.3 is 0 Å². The standard InChI is InChI=1S/C21H25N7O2/c1-12(2)25-11-19(29)13-3-4-15(22)14(9-13)20-23-6-5-16(26-20)17-10-18-21(30)24-7-8-28(18)27-17/h3-6,9-10,12,19,25,29H,7-8,11,22H2,1-2H3,(H,24,30). The molecule has 4 rings (SSSR count). The van der Waals surface area contributed by atoms with E-state index in [-0.39, 0.29) is 11.9 Å². The third kappa shape index (κ3) is 4.03. The molecule has 9 heteroatoms. The van der Waals surface area contributed by atoms with Gasteiger partial charge < -0.3 is 21.5 Å². The molecule has 2 aromatic heterocycles. The van der Waals surface area contributed by atoms with Gasteiger partial charge in [-0.15, -0.1) is 0 Å². The third-order valence-electron chi connectivity index (χ3n) is 4.96. The number of aliphatic hydroxyl groups excluding tert-OH is 1.